The standard InChI is InChI=1S/C21H21N5/c22-19(15-6-2-1-3-7-15)13-26(23)16-10-21(11-16)18-9-5-4-8-17(18)20-12-24-14-25(20)21/h1-9,12-14,16H,10-11,22-23H2/b19-13-. The number of fused-ring (bicyclic) bond motifs is 5. The Morgan fingerprint density at radius 1 is 1.12 bits per heavy atom. The third-order valence-corrected chi connectivity index (χ3v) is 5.77. The van der Waals surface area contributed by atoms with Gasteiger partial charge >= 0.3 is 0 Å². The highest BCUT2D eigenvalue weighted by Crippen LogP contribution is 2.55. The Bertz CT molecular complexity index is 982. The molecule has 4 N–H and O–H groups in total. The van der Waals surface area contributed by atoms with E-state index in [0.29, 0.717) is 5.70 Å². The number of nitrogens with two attached hydrogens (primary N) is 2. The highest BCUT2D eigenvalue weighted by atomic mass is 15.4. The Balaban J connectivity index is 1.41. The van der Waals surface area contributed by atoms with Gasteiger partial charge in [-0.3, -0.25) is 0 Å². The van der Waals surface area contributed by atoms with E-state index in [1.807, 2.05) is 49.1 Å². The van der Waals surface area contributed by atoms with Crippen molar-refractivity contribution in [2.75, 3.05) is 0 Å². The van der Waals surface area contributed by atoms with Gasteiger partial charge in [0.25, 0.3) is 0 Å². The van der Waals surface area contributed by atoms with Gasteiger partial charge < -0.3 is 15.3 Å². The average Bonchev–Trinajstić information content (AvgIpc) is 3.21. The minimum Gasteiger partial charge on any atom is -0.397 e. The SMILES string of the molecule is N/C(=C\N(N)C1CC2(C1)c1ccccc1-c1cncn12)c1ccccc1. The molecule has 1 fully saturated rings. The minimum atomic E-state index is -0.0277. The predicted molar refractivity (Wildman–Crippen MR) is 102 cm³/mol. The molecular weight excluding hydrogens is 322 g/mol. The van der Waals surface area contributed by atoms with Crippen molar-refractivity contribution >= 4 is 5.70 Å². The summed E-state index contributed by atoms with van der Waals surface area (Å²) in [6, 6.07) is 18.8. The second kappa shape index (κ2) is 5.47. The quantitative estimate of drug-likeness (QED) is 0.566. The van der Waals surface area contributed by atoms with Crippen molar-refractivity contribution in [3.8, 4) is 11.3 Å². The maximum Gasteiger partial charge on any atom is 0.0959 e. The summed E-state index contributed by atoms with van der Waals surface area (Å²) >= 11 is 0. The lowest BCUT2D eigenvalue weighted by Crippen LogP contribution is -2.56. The molecule has 1 aromatic heterocycles. The van der Waals surface area contributed by atoms with Crippen molar-refractivity contribution in [1.82, 2.24) is 14.6 Å². The van der Waals surface area contributed by atoms with Gasteiger partial charge in [0.05, 0.1) is 29.5 Å². The van der Waals surface area contributed by atoms with Gasteiger partial charge in [-0.1, -0.05) is 54.6 Å². The fourth-order valence-corrected chi connectivity index (χ4v) is 4.40. The molecule has 5 nitrogen and oxygen atoms in total. The van der Waals surface area contributed by atoms with Gasteiger partial charge in [0.1, 0.15) is 0 Å². The van der Waals surface area contributed by atoms with Crippen LogP contribution in [0.3, 0.4) is 0 Å². The predicted octanol–water partition coefficient (Wildman–Crippen LogP) is 2.90. The van der Waals surface area contributed by atoms with Crippen molar-refractivity contribution in [3.63, 3.8) is 0 Å². The van der Waals surface area contributed by atoms with Crippen molar-refractivity contribution < 1.29 is 0 Å². The third kappa shape index (κ3) is 2.04. The highest BCUT2D eigenvalue weighted by Gasteiger charge is 2.53. The fraction of sp³-hybridized carbons (Fsp3) is 0.190. The molecule has 1 spiro atoms. The molecule has 26 heavy (non-hydrogen) atoms. The van der Waals surface area contributed by atoms with Crippen molar-refractivity contribution in [3.05, 3.63) is 84.4 Å². The molecule has 3 aromatic rings. The normalized spacial score (nSPS) is 23.4. The second-order valence-corrected chi connectivity index (χ2v) is 7.19. The van der Waals surface area contributed by atoms with Crippen molar-refractivity contribution in [1.29, 1.82) is 0 Å². The molecule has 130 valence electrons. The summed E-state index contributed by atoms with van der Waals surface area (Å²) in [5.74, 6) is 6.34. The van der Waals surface area contributed by atoms with E-state index in [0.717, 1.165) is 18.4 Å². The van der Waals surface area contributed by atoms with Crippen LogP contribution in [0.25, 0.3) is 17.0 Å². The molecule has 1 aliphatic carbocycles. The first-order valence-corrected chi connectivity index (χ1v) is 8.87. The molecule has 0 radical (unpaired) electrons. The summed E-state index contributed by atoms with van der Waals surface area (Å²) in [5, 5.41) is 1.77. The molecular formula is C21H21N5. The maximum absolute atomic E-state index is 6.34. The van der Waals surface area contributed by atoms with E-state index < -0.39 is 0 Å². The summed E-state index contributed by atoms with van der Waals surface area (Å²) < 4.78 is 2.31. The molecule has 1 saturated carbocycles. The van der Waals surface area contributed by atoms with Gasteiger partial charge in [0.2, 0.25) is 0 Å². The molecule has 0 saturated heterocycles. The molecule has 2 aromatic carbocycles. The monoisotopic (exact) mass is 343 g/mol. The molecule has 2 aliphatic rings. The van der Waals surface area contributed by atoms with Gasteiger partial charge in [0, 0.05) is 17.8 Å². The lowest BCUT2D eigenvalue weighted by molar-refractivity contribution is 0.0702. The fourth-order valence-electron chi connectivity index (χ4n) is 4.40. The third-order valence-electron chi connectivity index (χ3n) is 5.77. The van der Waals surface area contributed by atoms with Crippen LogP contribution in [0.15, 0.2) is 73.3 Å². The van der Waals surface area contributed by atoms with Crippen LogP contribution in [0.1, 0.15) is 24.0 Å². The molecule has 1 aliphatic heterocycles. The Kier molecular flexibility index (Phi) is 3.21. The summed E-state index contributed by atoms with van der Waals surface area (Å²) in [6.07, 6.45) is 7.64. The minimum absolute atomic E-state index is 0.0277. The Morgan fingerprint density at radius 3 is 2.65 bits per heavy atom. The zero-order valence-corrected chi connectivity index (χ0v) is 14.4. The number of hydrogen-bond acceptors (Lipinski definition) is 4. The van der Waals surface area contributed by atoms with Crippen LogP contribution >= 0.6 is 0 Å². The van der Waals surface area contributed by atoms with Crippen LogP contribution in [0.4, 0.5) is 0 Å². The lowest BCUT2D eigenvalue weighted by atomic mass is 9.68. The van der Waals surface area contributed by atoms with Crippen LogP contribution in [0, 0.1) is 0 Å². The molecule has 0 atom stereocenters. The van der Waals surface area contributed by atoms with E-state index in [4.69, 9.17) is 11.6 Å². The number of benzene rings is 2. The molecule has 5 heteroatoms. The molecule has 0 amide bonds. The van der Waals surface area contributed by atoms with Crippen LogP contribution < -0.4 is 11.6 Å². The topological polar surface area (TPSA) is 73.1 Å². The maximum atomic E-state index is 6.34. The summed E-state index contributed by atoms with van der Waals surface area (Å²) in [4.78, 5) is 4.36. The number of imidazole rings is 1. The van der Waals surface area contributed by atoms with Crippen LogP contribution in [0.2, 0.25) is 0 Å². The van der Waals surface area contributed by atoms with Gasteiger partial charge in [0.15, 0.2) is 0 Å². The first-order chi connectivity index (χ1) is 12.7. The summed E-state index contributed by atoms with van der Waals surface area (Å²) in [7, 11) is 0. The lowest BCUT2D eigenvalue weighted by Gasteiger charge is -2.49. The first kappa shape index (κ1) is 15.2. The molecule has 0 unspecified atom stereocenters. The van der Waals surface area contributed by atoms with Gasteiger partial charge in [-0.15, -0.1) is 0 Å². The van der Waals surface area contributed by atoms with Crippen LogP contribution in [-0.2, 0) is 5.54 Å². The average molecular weight is 343 g/mol. The Labute approximate surface area is 152 Å². The number of nitrogens with zero attached hydrogens (tertiary/aromatic N) is 3. The summed E-state index contributed by atoms with van der Waals surface area (Å²) in [5.41, 5.74) is 11.7. The van der Waals surface area contributed by atoms with Gasteiger partial charge in [-0.2, -0.15) is 0 Å². The summed E-state index contributed by atoms with van der Waals surface area (Å²) in [6.45, 7) is 0. The van der Waals surface area contributed by atoms with E-state index in [1.54, 1.807) is 5.01 Å². The first-order valence-electron chi connectivity index (χ1n) is 8.87. The van der Waals surface area contributed by atoms with E-state index in [9.17, 15) is 0 Å². The Morgan fingerprint density at radius 2 is 1.85 bits per heavy atom. The van der Waals surface area contributed by atoms with Gasteiger partial charge in [-0.25, -0.2) is 10.8 Å². The molecule has 2 heterocycles. The van der Waals surface area contributed by atoms with E-state index >= 15 is 0 Å². The van der Waals surface area contributed by atoms with Crippen LogP contribution in [-0.4, -0.2) is 20.6 Å². The van der Waals surface area contributed by atoms with E-state index in [2.05, 4.69) is 33.8 Å². The Hall–Kier alpha value is -3.05. The van der Waals surface area contributed by atoms with Crippen molar-refractivity contribution in [2.24, 2.45) is 11.6 Å². The number of hydrazine groups is 1. The highest BCUT2D eigenvalue weighted by molar-refractivity contribution is 5.71. The van der Waals surface area contributed by atoms with E-state index in [1.165, 1.54) is 16.8 Å². The zero-order chi connectivity index (χ0) is 17.7. The van der Waals surface area contributed by atoms with Crippen molar-refractivity contribution in [2.45, 2.75) is 24.4 Å². The number of rotatable bonds is 3. The number of aromatic nitrogens is 2. The van der Waals surface area contributed by atoms with E-state index in [-0.39, 0.29) is 11.6 Å². The smallest absolute Gasteiger partial charge is 0.0959 e. The molecule has 5 rings (SSSR count). The second-order valence-electron chi connectivity index (χ2n) is 7.19. The van der Waals surface area contributed by atoms with Crippen LogP contribution in [0.5, 0.6) is 0 Å². The largest absolute Gasteiger partial charge is 0.397 e. The van der Waals surface area contributed by atoms with Gasteiger partial charge in [-0.05, 0) is 24.0 Å². The molecule has 0 bridgehead atoms. The zero-order valence-electron chi connectivity index (χ0n) is 14.4. The number of hydrogen-bond donors (Lipinski definition) is 2.